The van der Waals surface area contributed by atoms with Crippen LogP contribution in [-0.4, -0.2) is 5.25 Å². The van der Waals surface area contributed by atoms with Crippen molar-refractivity contribution in [2.24, 2.45) is 5.41 Å². The standard InChI is InChI=1S/C30H27BrS/c1-16-14-24-23(15-25-26(29(24)31)17(2)18(3)32-25)27(16)30(4,5)28-21-12-8-6-10-19(21)20-11-7-9-13-22(20)28/h6-15,18,28H,1-5H3. The summed E-state index contributed by atoms with van der Waals surface area (Å²) in [5.41, 5.74) is 11.4. The lowest BCUT2D eigenvalue weighted by atomic mass is 9.67. The van der Waals surface area contributed by atoms with E-state index in [0.29, 0.717) is 11.2 Å². The van der Waals surface area contributed by atoms with Crippen LogP contribution in [0.25, 0.3) is 28.3 Å². The maximum absolute atomic E-state index is 4.02. The Hall–Kier alpha value is -2.03. The molecular formula is C30H27BrS. The normalized spacial score (nSPS) is 19.1. The fraction of sp³-hybridized carbons (Fsp3) is 0.267. The van der Waals surface area contributed by atoms with Crippen molar-refractivity contribution in [2.75, 3.05) is 0 Å². The molecule has 0 amide bonds. The molecule has 0 fully saturated rings. The molecule has 1 atom stereocenters. The molecule has 0 nitrogen and oxygen atoms in total. The van der Waals surface area contributed by atoms with E-state index in [0.717, 1.165) is 0 Å². The van der Waals surface area contributed by atoms with Crippen LogP contribution in [-0.2, 0) is 0 Å². The molecular weight excluding hydrogens is 472 g/mol. The van der Waals surface area contributed by atoms with Gasteiger partial charge in [-0.05, 0) is 93.0 Å². The number of halogens is 1. The van der Waals surface area contributed by atoms with Gasteiger partial charge in [-0.15, -0.1) is 11.8 Å². The van der Waals surface area contributed by atoms with Crippen LogP contribution in [0.2, 0.25) is 0 Å². The molecule has 6 rings (SSSR count). The molecule has 2 heteroatoms. The zero-order valence-corrected chi connectivity index (χ0v) is 21.6. The summed E-state index contributed by atoms with van der Waals surface area (Å²) in [5.74, 6) is 0.339. The predicted molar refractivity (Wildman–Crippen MR) is 142 cm³/mol. The fourth-order valence-electron chi connectivity index (χ4n) is 6.37. The minimum Gasteiger partial charge on any atom is -0.118 e. The number of hydrogen-bond donors (Lipinski definition) is 0. The quantitative estimate of drug-likeness (QED) is 0.351. The van der Waals surface area contributed by atoms with E-state index < -0.39 is 0 Å². The number of rotatable bonds is 2. The lowest BCUT2D eigenvalue weighted by Crippen LogP contribution is -2.29. The summed E-state index contributed by atoms with van der Waals surface area (Å²) >= 11 is 6.02. The van der Waals surface area contributed by atoms with Crippen LogP contribution in [0.15, 0.2) is 69.5 Å². The molecule has 1 heterocycles. The minimum atomic E-state index is -0.0458. The van der Waals surface area contributed by atoms with Crippen molar-refractivity contribution in [3.63, 3.8) is 0 Å². The van der Waals surface area contributed by atoms with Crippen molar-refractivity contribution >= 4 is 44.9 Å². The molecule has 0 saturated carbocycles. The third-order valence-corrected chi connectivity index (χ3v) is 9.91. The smallest absolute Gasteiger partial charge is 0.0337 e. The summed E-state index contributed by atoms with van der Waals surface area (Å²) in [5, 5.41) is 3.37. The van der Waals surface area contributed by atoms with Gasteiger partial charge in [-0.25, -0.2) is 0 Å². The highest BCUT2D eigenvalue weighted by molar-refractivity contribution is 9.10. The van der Waals surface area contributed by atoms with Gasteiger partial charge in [0.2, 0.25) is 0 Å². The molecule has 0 saturated heterocycles. The van der Waals surface area contributed by atoms with E-state index in [2.05, 4.69) is 111 Å². The van der Waals surface area contributed by atoms with E-state index >= 15 is 0 Å². The lowest BCUT2D eigenvalue weighted by molar-refractivity contribution is 0.439. The molecule has 160 valence electrons. The zero-order chi connectivity index (χ0) is 22.4. The van der Waals surface area contributed by atoms with E-state index in [-0.39, 0.29) is 5.41 Å². The predicted octanol–water partition coefficient (Wildman–Crippen LogP) is 7.52. The van der Waals surface area contributed by atoms with Gasteiger partial charge in [0.15, 0.2) is 0 Å². The Kier molecular flexibility index (Phi) is 4.49. The van der Waals surface area contributed by atoms with Crippen LogP contribution in [0, 0.1) is 5.41 Å². The lowest BCUT2D eigenvalue weighted by Gasteiger charge is -2.36. The summed E-state index contributed by atoms with van der Waals surface area (Å²) < 4.78 is 1.27. The van der Waals surface area contributed by atoms with Crippen LogP contribution in [0.1, 0.15) is 57.2 Å². The summed E-state index contributed by atoms with van der Waals surface area (Å²) in [6.07, 6.45) is 2.41. The maximum Gasteiger partial charge on any atom is 0.0337 e. The SMILES string of the molecule is CC1=Cc2c(Br)c3c(cc2=C1C(C)(C)C1c2ccccc2-c2ccccc21)SC(C)C=3C. The average molecular weight is 500 g/mol. The molecule has 32 heavy (non-hydrogen) atoms. The molecule has 0 spiro atoms. The van der Waals surface area contributed by atoms with Crippen LogP contribution < -0.4 is 10.4 Å². The highest BCUT2D eigenvalue weighted by Crippen LogP contribution is 2.57. The molecule has 0 aromatic heterocycles. The molecule has 0 radical (unpaired) electrons. The second-order valence-corrected chi connectivity index (χ2v) is 12.2. The second-order valence-electron chi connectivity index (χ2n) is 10.00. The van der Waals surface area contributed by atoms with E-state index in [1.54, 1.807) is 0 Å². The molecule has 1 unspecified atom stereocenters. The Morgan fingerprint density at radius 1 is 0.906 bits per heavy atom. The van der Waals surface area contributed by atoms with E-state index in [9.17, 15) is 0 Å². The topological polar surface area (TPSA) is 0 Å². The number of thioether (sulfide) groups is 1. The number of fused-ring (bicyclic) bond motifs is 5. The molecule has 3 aromatic carbocycles. The molecule has 1 aliphatic heterocycles. The van der Waals surface area contributed by atoms with Crippen molar-refractivity contribution in [3.8, 4) is 11.1 Å². The van der Waals surface area contributed by atoms with Gasteiger partial charge in [-0.1, -0.05) is 68.0 Å². The van der Waals surface area contributed by atoms with Crippen molar-refractivity contribution < 1.29 is 0 Å². The zero-order valence-electron chi connectivity index (χ0n) is 19.2. The van der Waals surface area contributed by atoms with Gasteiger partial charge in [-0.2, -0.15) is 0 Å². The van der Waals surface area contributed by atoms with Crippen molar-refractivity contribution in [3.05, 3.63) is 91.8 Å². The number of benzene rings is 3. The highest BCUT2D eigenvalue weighted by atomic mass is 79.9. The summed E-state index contributed by atoms with van der Waals surface area (Å²) in [6, 6.07) is 20.5. The van der Waals surface area contributed by atoms with E-state index in [4.69, 9.17) is 0 Å². The first-order valence-electron chi connectivity index (χ1n) is 11.4. The fourth-order valence-corrected chi connectivity index (χ4v) is 8.59. The van der Waals surface area contributed by atoms with Gasteiger partial charge in [-0.3, -0.25) is 0 Å². The average Bonchev–Trinajstić information content (AvgIpc) is 3.38. The van der Waals surface area contributed by atoms with Gasteiger partial charge in [0.25, 0.3) is 0 Å². The van der Waals surface area contributed by atoms with Crippen molar-refractivity contribution in [1.29, 1.82) is 0 Å². The number of allylic oxidation sites excluding steroid dienone is 1. The van der Waals surface area contributed by atoms with Crippen molar-refractivity contribution in [2.45, 2.75) is 50.7 Å². The maximum atomic E-state index is 4.02. The third kappa shape index (κ3) is 2.63. The summed E-state index contributed by atoms with van der Waals surface area (Å²) in [4.78, 5) is 1.42. The highest BCUT2D eigenvalue weighted by Gasteiger charge is 2.43. The Morgan fingerprint density at radius 2 is 1.50 bits per heavy atom. The van der Waals surface area contributed by atoms with Crippen LogP contribution in [0.5, 0.6) is 0 Å². The third-order valence-electron chi connectivity index (χ3n) is 7.80. The second kappa shape index (κ2) is 6.98. The van der Waals surface area contributed by atoms with Crippen LogP contribution in [0.3, 0.4) is 0 Å². The number of hydrogen-bond acceptors (Lipinski definition) is 1. The Morgan fingerprint density at radius 3 is 2.12 bits per heavy atom. The first kappa shape index (κ1) is 20.6. The molecule has 3 aromatic rings. The largest absolute Gasteiger partial charge is 0.118 e. The molecule has 2 aliphatic carbocycles. The van der Waals surface area contributed by atoms with Gasteiger partial charge in [0, 0.05) is 31.2 Å². The Balaban J connectivity index is 1.65. The van der Waals surface area contributed by atoms with E-state index in [1.165, 1.54) is 64.3 Å². The molecule has 0 N–H and O–H groups in total. The monoisotopic (exact) mass is 498 g/mol. The van der Waals surface area contributed by atoms with Gasteiger partial charge in [0.05, 0.1) is 0 Å². The molecule has 3 aliphatic rings. The van der Waals surface area contributed by atoms with Gasteiger partial charge < -0.3 is 0 Å². The Labute approximate surface area is 203 Å². The van der Waals surface area contributed by atoms with Gasteiger partial charge in [0.1, 0.15) is 0 Å². The van der Waals surface area contributed by atoms with Gasteiger partial charge >= 0.3 is 0 Å². The Bertz CT molecular complexity index is 1430. The summed E-state index contributed by atoms with van der Waals surface area (Å²) in [6.45, 7) is 11.8. The van der Waals surface area contributed by atoms with E-state index in [1.807, 2.05) is 11.8 Å². The van der Waals surface area contributed by atoms with Crippen LogP contribution in [0.4, 0.5) is 0 Å². The summed E-state index contributed by atoms with van der Waals surface area (Å²) in [7, 11) is 0. The minimum absolute atomic E-state index is 0.0458. The molecule has 0 bridgehead atoms. The van der Waals surface area contributed by atoms with Crippen molar-refractivity contribution in [1.82, 2.24) is 0 Å². The first-order valence-corrected chi connectivity index (χ1v) is 13.1. The first-order chi connectivity index (χ1) is 15.3. The van der Waals surface area contributed by atoms with Crippen LogP contribution >= 0.6 is 27.7 Å².